The highest BCUT2D eigenvalue weighted by Crippen LogP contribution is 2.35. The Hall–Kier alpha value is -1.82. The molecule has 6 nitrogen and oxygen atoms in total. The minimum absolute atomic E-state index is 0.101. The van der Waals surface area contributed by atoms with Crippen LogP contribution in [0.3, 0.4) is 0 Å². The third kappa shape index (κ3) is 2.85. The van der Waals surface area contributed by atoms with E-state index in [2.05, 4.69) is 0 Å². The molecule has 1 aromatic carbocycles. The number of anilines is 1. The summed E-state index contributed by atoms with van der Waals surface area (Å²) in [4.78, 5) is 23.3. The minimum atomic E-state index is -0.897. The zero-order chi connectivity index (χ0) is 14.9. The average molecular weight is 299 g/mol. The van der Waals surface area contributed by atoms with Crippen LogP contribution in [-0.2, 0) is 4.79 Å². The first-order chi connectivity index (χ1) is 9.40. The molecule has 7 heteroatoms. The van der Waals surface area contributed by atoms with Crippen molar-refractivity contribution in [3.63, 3.8) is 0 Å². The number of benzene rings is 1. The van der Waals surface area contributed by atoms with Crippen LogP contribution in [0.1, 0.15) is 19.8 Å². The zero-order valence-electron chi connectivity index (χ0n) is 11.0. The lowest BCUT2D eigenvalue weighted by atomic mass is 9.92. The molecule has 2 rings (SSSR count). The van der Waals surface area contributed by atoms with Gasteiger partial charge in [0.05, 0.1) is 15.6 Å². The van der Waals surface area contributed by atoms with E-state index in [1.807, 2.05) is 6.92 Å². The van der Waals surface area contributed by atoms with Gasteiger partial charge >= 0.3 is 5.97 Å². The van der Waals surface area contributed by atoms with Gasteiger partial charge in [0.25, 0.3) is 5.69 Å². The van der Waals surface area contributed by atoms with Gasteiger partial charge in [0.1, 0.15) is 6.04 Å². The Balaban J connectivity index is 2.34. The number of rotatable bonds is 3. The highest BCUT2D eigenvalue weighted by atomic mass is 35.5. The summed E-state index contributed by atoms with van der Waals surface area (Å²) in [5.74, 6) is -0.560. The predicted octanol–water partition coefficient (Wildman–Crippen LogP) is 2.94. The van der Waals surface area contributed by atoms with Crippen molar-refractivity contribution in [2.75, 3.05) is 11.4 Å². The van der Waals surface area contributed by atoms with Gasteiger partial charge in [-0.1, -0.05) is 18.5 Å². The second kappa shape index (κ2) is 5.66. The number of hydrogen-bond donors (Lipinski definition) is 1. The fourth-order valence-corrected chi connectivity index (χ4v) is 2.79. The Morgan fingerprint density at radius 2 is 2.25 bits per heavy atom. The van der Waals surface area contributed by atoms with E-state index in [1.165, 1.54) is 18.2 Å². The van der Waals surface area contributed by atoms with Crippen molar-refractivity contribution in [2.24, 2.45) is 5.92 Å². The van der Waals surface area contributed by atoms with Crippen LogP contribution < -0.4 is 4.90 Å². The molecule has 1 N–H and O–H groups in total. The maximum absolute atomic E-state index is 11.4. The summed E-state index contributed by atoms with van der Waals surface area (Å²) in [5, 5.41) is 20.2. The fraction of sp³-hybridized carbons (Fsp3) is 0.462. The van der Waals surface area contributed by atoms with Crippen molar-refractivity contribution in [3.8, 4) is 0 Å². The van der Waals surface area contributed by atoms with E-state index in [9.17, 15) is 20.0 Å². The first kappa shape index (κ1) is 14.6. The van der Waals surface area contributed by atoms with Gasteiger partial charge in [-0.2, -0.15) is 0 Å². The van der Waals surface area contributed by atoms with E-state index in [0.29, 0.717) is 24.6 Å². The molecule has 1 fully saturated rings. The third-order valence-corrected chi connectivity index (χ3v) is 3.90. The van der Waals surface area contributed by atoms with Gasteiger partial charge in [0.15, 0.2) is 0 Å². The molecule has 2 unspecified atom stereocenters. The third-order valence-electron chi connectivity index (χ3n) is 3.60. The lowest BCUT2D eigenvalue weighted by molar-refractivity contribution is -0.384. The van der Waals surface area contributed by atoms with Crippen LogP contribution in [0.4, 0.5) is 11.4 Å². The average Bonchev–Trinajstić information content (AvgIpc) is 2.38. The normalized spacial score (nSPS) is 22.6. The Labute approximate surface area is 121 Å². The predicted molar refractivity (Wildman–Crippen MR) is 75.3 cm³/mol. The van der Waals surface area contributed by atoms with Crippen molar-refractivity contribution in [1.29, 1.82) is 0 Å². The quantitative estimate of drug-likeness (QED) is 0.685. The van der Waals surface area contributed by atoms with Crippen molar-refractivity contribution in [1.82, 2.24) is 0 Å². The molecule has 0 aromatic heterocycles. The van der Waals surface area contributed by atoms with Crippen molar-refractivity contribution in [3.05, 3.63) is 33.3 Å². The molecule has 0 saturated carbocycles. The summed E-state index contributed by atoms with van der Waals surface area (Å²) in [6.45, 7) is 2.60. The van der Waals surface area contributed by atoms with Crippen LogP contribution >= 0.6 is 11.6 Å². The van der Waals surface area contributed by atoms with Crippen molar-refractivity contribution >= 4 is 28.9 Å². The van der Waals surface area contributed by atoms with Crippen molar-refractivity contribution in [2.45, 2.75) is 25.8 Å². The number of piperidine rings is 1. The lowest BCUT2D eigenvalue weighted by Gasteiger charge is -2.38. The summed E-state index contributed by atoms with van der Waals surface area (Å²) in [5.41, 5.74) is 0.438. The molecule has 1 saturated heterocycles. The molecule has 0 spiro atoms. The van der Waals surface area contributed by atoms with Crippen molar-refractivity contribution < 1.29 is 14.8 Å². The Kier molecular flexibility index (Phi) is 4.13. The highest BCUT2D eigenvalue weighted by Gasteiger charge is 2.33. The summed E-state index contributed by atoms with van der Waals surface area (Å²) < 4.78 is 0. The fourth-order valence-electron chi connectivity index (χ4n) is 2.51. The molecule has 0 amide bonds. The molecule has 108 valence electrons. The summed E-state index contributed by atoms with van der Waals surface area (Å²) >= 11 is 6.07. The van der Waals surface area contributed by atoms with Gasteiger partial charge in [-0.15, -0.1) is 0 Å². The maximum Gasteiger partial charge on any atom is 0.326 e. The molecule has 0 bridgehead atoms. The van der Waals surface area contributed by atoms with E-state index in [0.717, 1.165) is 6.42 Å². The molecule has 0 radical (unpaired) electrons. The second-order valence-corrected chi connectivity index (χ2v) is 5.48. The molecule has 2 atom stereocenters. The molecule has 20 heavy (non-hydrogen) atoms. The monoisotopic (exact) mass is 298 g/mol. The standard InChI is InChI=1S/C13H15ClN2O4/c1-8-4-5-15(12(6-8)13(17)18)11-3-2-9(16(19)20)7-10(11)14/h2-3,7-8,12H,4-6H2,1H3,(H,17,18). The van der Waals surface area contributed by atoms with Crippen LogP contribution in [0.25, 0.3) is 0 Å². The Morgan fingerprint density at radius 1 is 1.55 bits per heavy atom. The van der Waals surface area contributed by atoms with E-state index >= 15 is 0 Å². The summed E-state index contributed by atoms with van der Waals surface area (Å²) in [6, 6.07) is 3.48. The molecule has 1 aliphatic rings. The SMILES string of the molecule is CC1CCN(c2ccc([N+](=O)[O-])cc2Cl)C(C(=O)O)C1. The number of carboxylic acid groups (broad SMARTS) is 1. The molecule has 0 aliphatic carbocycles. The number of hydrogen-bond acceptors (Lipinski definition) is 4. The van der Waals surface area contributed by atoms with Crippen LogP contribution in [0.2, 0.25) is 5.02 Å². The van der Waals surface area contributed by atoms with Crippen LogP contribution in [0.5, 0.6) is 0 Å². The van der Waals surface area contributed by atoms with E-state index in [1.54, 1.807) is 4.90 Å². The van der Waals surface area contributed by atoms with E-state index in [4.69, 9.17) is 11.6 Å². The molecule has 1 aromatic rings. The first-order valence-electron chi connectivity index (χ1n) is 6.33. The number of halogens is 1. The molecular weight excluding hydrogens is 284 g/mol. The van der Waals surface area contributed by atoms with Crippen LogP contribution in [0.15, 0.2) is 18.2 Å². The Bertz CT molecular complexity index is 549. The number of nitro benzene ring substituents is 1. The van der Waals surface area contributed by atoms with Crippen LogP contribution in [-0.4, -0.2) is 28.6 Å². The molecule has 1 aliphatic heterocycles. The number of carboxylic acids is 1. The van der Waals surface area contributed by atoms with E-state index in [-0.39, 0.29) is 10.7 Å². The van der Waals surface area contributed by atoms with Gasteiger partial charge in [-0.3, -0.25) is 10.1 Å². The second-order valence-electron chi connectivity index (χ2n) is 5.07. The number of nitrogens with zero attached hydrogens (tertiary/aromatic N) is 2. The smallest absolute Gasteiger partial charge is 0.326 e. The van der Waals surface area contributed by atoms with E-state index < -0.39 is 16.9 Å². The van der Waals surface area contributed by atoms with Gasteiger partial charge in [0.2, 0.25) is 0 Å². The van der Waals surface area contributed by atoms with Gasteiger partial charge in [-0.05, 0) is 24.8 Å². The number of carbonyl (C=O) groups is 1. The lowest BCUT2D eigenvalue weighted by Crippen LogP contribution is -2.47. The van der Waals surface area contributed by atoms with Gasteiger partial charge in [0, 0.05) is 18.7 Å². The number of nitro groups is 1. The number of non-ortho nitro benzene ring substituents is 1. The highest BCUT2D eigenvalue weighted by molar-refractivity contribution is 6.33. The van der Waals surface area contributed by atoms with Gasteiger partial charge in [-0.25, -0.2) is 4.79 Å². The maximum atomic E-state index is 11.4. The summed E-state index contributed by atoms with van der Waals surface area (Å²) in [6.07, 6.45) is 1.42. The number of aliphatic carboxylic acids is 1. The molecular formula is C13H15ClN2O4. The Morgan fingerprint density at radius 3 is 2.80 bits per heavy atom. The first-order valence-corrected chi connectivity index (χ1v) is 6.71. The van der Waals surface area contributed by atoms with Gasteiger partial charge < -0.3 is 10.0 Å². The molecule has 1 heterocycles. The van der Waals surface area contributed by atoms with Crippen LogP contribution in [0, 0.1) is 16.0 Å². The topological polar surface area (TPSA) is 83.7 Å². The summed E-state index contributed by atoms with van der Waals surface area (Å²) in [7, 11) is 0. The zero-order valence-corrected chi connectivity index (χ0v) is 11.7. The minimum Gasteiger partial charge on any atom is -0.480 e. The largest absolute Gasteiger partial charge is 0.480 e.